The first kappa shape index (κ1) is 24.3. The van der Waals surface area contributed by atoms with Crippen LogP contribution in [0.25, 0.3) is 5.82 Å². The minimum atomic E-state index is -0.588. The molecule has 3 aromatic rings. The summed E-state index contributed by atoms with van der Waals surface area (Å²) in [5, 5.41) is 10.8. The molecule has 7 nitrogen and oxygen atoms in total. The number of halogens is 5. The molecule has 1 unspecified atom stereocenters. The molecular weight excluding hydrogens is 576 g/mol. The van der Waals surface area contributed by atoms with Gasteiger partial charge in [0.05, 0.1) is 26.3 Å². The van der Waals surface area contributed by atoms with E-state index in [0.717, 1.165) is 12.8 Å². The minimum Gasteiger partial charge on any atom is -0.349 e. The Morgan fingerprint density at radius 3 is 2.42 bits per heavy atom. The van der Waals surface area contributed by atoms with Gasteiger partial charge in [-0.05, 0) is 59.8 Å². The van der Waals surface area contributed by atoms with Crippen molar-refractivity contribution < 1.29 is 9.59 Å². The molecular formula is C21H16BrCl4N5O2. The number of hydrogen-bond acceptors (Lipinski definition) is 4. The Balaban J connectivity index is 1.68. The van der Waals surface area contributed by atoms with Crippen molar-refractivity contribution in [1.29, 1.82) is 0 Å². The van der Waals surface area contributed by atoms with Crippen LogP contribution >= 0.6 is 62.3 Å². The van der Waals surface area contributed by atoms with Crippen molar-refractivity contribution in [3.8, 4) is 5.82 Å². The average Bonchev–Trinajstić information content (AvgIpc) is 3.52. The smallest absolute Gasteiger partial charge is 0.274 e. The van der Waals surface area contributed by atoms with Gasteiger partial charge in [0.25, 0.3) is 11.8 Å². The van der Waals surface area contributed by atoms with E-state index in [1.54, 1.807) is 0 Å². The fourth-order valence-corrected chi connectivity index (χ4v) is 4.67. The van der Waals surface area contributed by atoms with E-state index in [4.69, 9.17) is 46.4 Å². The van der Waals surface area contributed by atoms with Crippen molar-refractivity contribution in [3.63, 3.8) is 0 Å². The van der Waals surface area contributed by atoms with Crippen LogP contribution in [0.15, 0.2) is 35.1 Å². The SMILES string of the molecule is CC(NC(=O)c1cc(Cl)cc(Cl)c1NC(=O)c1cc(Br)nn1-c1ncc(Cl)cc1Cl)C1CC1. The van der Waals surface area contributed by atoms with Gasteiger partial charge in [0, 0.05) is 23.3 Å². The van der Waals surface area contributed by atoms with Gasteiger partial charge >= 0.3 is 0 Å². The van der Waals surface area contributed by atoms with Crippen LogP contribution in [-0.4, -0.2) is 32.6 Å². The van der Waals surface area contributed by atoms with Crippen molar-refractivity contribution in [2.45, 2.75) is 25.8 Å². The molecule has 4 rings (SSSR count). The quantitative estimate of drug-likeness (QED) is 0.346. The monoisotopic (exact) mass is 589 g/mol. The predicted molar refractivity (Wildman–Crippen MR) is 133 cm³/mol. The van der Waals surface area contributed by atoms with Gasteiger partial charge in [0.1, 0.15) is 10.3 Å². The van der Waals surface area contributed by atoms with Gasteiger partial charge in [-0.25, -0.2) is 9.67 Å². The molecule has 1 aliphatic rings. The number of benzene rings is 1. The summed E-state index contributed by atoms with van der Waals surface area (Å²) in [6, 6.07) is 5.88. The third kappa shape index (κ3) is 5.46. The molecule has 0 spiro atoms. The van der Waals surface area contributed by atoms with Gasteiger partial charge in [-0.2, -0.15) is 5.10 Å². The van der Waals surface area contributed by atoms with Crippen LogP contribution in [0.5, 0.6) is 0 Å². The molecule has 2 N–H and O–H groups in total. The molecule has 1 aliphatic carbocycles. The first-order valence-corrected chi connectivity index (χ1v) is 12.1. The number of amides is 2. The summed E-state index contributed by atoms with van der Waals surface area (Å²) in [6.45, 7) is 1.94. The number of rotatable bonds is 6. The predicted octanol–water partition coefficient (Wildman–Crippen LogP) is 6.42. The average molecular weight is 592 g/mol. The highest BCUT2D eigenvalue weighted by Crippen LogP contribution is 2.34. The number of anilines is 1. The maximum absolute atomic E-state index is 13.2. The molecule has 2 aromatic heterocycles. The molecule has 172 valence electrons. The minimum absolute atomic E-state index is 0.00526. The first-order chi connectivity index (χ1) is 15.6. The van der Waals surface area contributed by atoms with Crippen molar-refractivity contribution in [1.82, 2.24) is 20.1 Å². The standard InChI is InChI=1S/C21H16BrCl4N5O2/c1-9(10-2-3-10)28-20(32)13-4-11(23)5-14(25)18(13)29-21(33)16-7-17(22)30-31(16)19-15(26)6-12(24)8-27-19/h4-10H,2-3H2,1H3,(H,28,32)(H,29,33). The Kier molecular flexibility index (Phi) is 7.21. The number of carbonyl (C=O) groups is 2. The molecule has 2 heterocycles. The maximum Gasteiger partial charge on any atom is 0.274 e. The van der Waals surface area contributed by atoms with E-state index in [2.05, 4.69) is 36.6 Å². The highest BCUT2D eigenvalue weighted by atomic mass is 79.9. The maximum atomic E-state index is 13.2. The topological polar surface area (TPSA) is 88.9 Å². The summed E-state index contributed by atoms with van der Waals surface area (Å²) in [7, 11) is 0. The summed E-state index contributed by atoms with van der Waals surface area (Å²) in [5.41, 5.74) is 0.383. The molecule has 33 heavy (non-hydrogen) atoms. The summed E-state index contributed by atoms with van der Waals surface area (Å²) >= 11 is 28.0. The lowest BCUT2D eigenvalue weighted by molar-refractivity contribution is 0.0936. The molecule has 0 radical (unpaired) electrons. The summed E-state index contributed by atoms with van der Waals surface area (Å²) in [5.74, 6) is -0.318. The lowest BCUT2D eigenvalue weighted by Crippen LogP contribution is -2.34. The number of aromatic nitrogens is 3. The third-order valence-corrected chi connectivity index (χ3v) is 6.52. The molecule has 12 heteroatoms. The van der Waals surface area contributed by atoms with Crippen LogP contribution in [0.4, 0.5) is 5.69 Å². The van der Waals surface area contributed by atoms with Crippen LogP contribution in [-0.2, 0) is 0 Å². The highest BCUT2D eigenvalue weighted by molar-refractivity contribution is 9.10. The Hall–Kier alpha value is -1.84. The molecule has 1 atom stereocenters. The van der Waals surface area contributed by atoms with E-state index in [9.17, 15) is 9.59 Å². The normalized spacial score (nSPS) is 14.1. The van der Waals surface area contributed by atoms with Crippen molar-refractivity contribution in [2.75, 3.05) is 5.32 Å². The lowest BCUT2D eigenvalue weighted by Gasteiger charge is -2.17. The van der Waals surface area contributed by atoms with Crippen LogP contribution in [0.1, 0.15) is 40.6 Å². The molecule has 2 amide bonds. The van der Waals surface area contributed by atoms with E-state index >= 15 is 0 Å². The summed E-state index contributed by atoms with van der Waals surface area (Å²) in [6.07, 6.45) is 3.53. The second kappa shape index (κ2) is 9.80. The molecule has 0 saturated heterocycles. The zero-order valence-corrected chi connectivity index (χ0v) is 21.6. The zero-order valence-electron chi connectivity index (χ0n) is 17.0. The molecule has 0 aliphatic heterocycles. The summed E-state index contributed by atoms with van der Waals surface area (Å²) < 4.78 is 1.63. The Morgan fingerprint density at radius 2 is 1.76 bits per heavy atom. The van der Waals surface area contributed by atoms with E-state index in [0.29, 0.717) is 15.5 Å². The number of carbonyl (C=O) groups excluding carboxylic acids is 2. The second-order valence-corrected chi connectivity index (χ2v) is 10.1. The summed E-state index contributed by atoms with van der Waals surface area (Å²) in [4.78, 5) is 30.4. The van der Waals surface area contributed by atoms with E-state index in [1.807, 2.05) is 6.92 Å². The number of nitrogens with zero attached hydrogens (tertiary/aromatic N) is 3. The molecule has 1 fully saturated rings. The largest absolute Gasteiger partial charge is 0.349 e. The van der Waals surface area contributed by atoms with Gasteiger partial charge in [0.15, 0.2) is 5.82 Å². The van der Waals surface area contributed by atoms with Crippen LogP contribution in [0.2, 0.25) is 20.1 Å². The van der Waals surface area contributed by atoms with Crippen molar-refractivity contribution >= 4 is 79.8 Å². The Labute approximate surface area is 217 Å². The molecule has 1 aromatic carbocycles. The van der Waals surface area contributed by atoms with Gasteiger partial charge in [-0.1, -0.05) is 46.4 Å². The van der Waals surface area contributed by atoms with Gasteiger partial charge < -0.3 is 10.6 Å². The van der Waals surface area contributed by atoms with Crippen LogP contribution < -0.4 is 10.6 Å². The zero-order chi connectivity index (χ0) is 23.9. The van der Waals surface area contributed by atoms with E-state index in [1.165, 1.54) is 35.1 Å². The Bertz CT molecular complexity index is 1260. The number of nitrogens with one attached hydrogen (secondary N) is 2. The number of hydrogen-bond donors (Lipinski definition) is 2. The lowest BCUT2D eigenvalue weighted by atomic mass is 10.1. The fraction of sp³-hybridized carbons (Fsp3) is 0.238. The third-order valence-electron chi connectivity index (χ3n) is 5.13. The van der Waals surface area contributed by atoms with Crippen LogP contribution in [0.3, 0.4) is 0 Å². The van der Waals surface area contributed by atoms with Gasteiger partial charge in [-0.15, -0.1) is 0 Å². The second-order valence-electron chi connectivity index (χ2n) is 7.59. The Morgan fingerprint density at radius 1 is 1.06 bits per heavy atom. The van der Waals surface area contributed by atoms with E-state index in [-0.39, 0.29) is 49.8 Å². The van der Waals surface area contributed by atoms with E-state index < -0.39 is 5.91 Å². The number of pyridine rings is 1. The molecule has 1 saturated carbocycles. The van der Waals surface area contributed by atoms with Crippen molar-refractivity contribution in [3.05, 3.63) is 66.4 Å². The van der Waals surface area contributed by atoms with Gasteiger partial charge in [0.2, 0.25) is 0 Å². The highest BCUT2D eigenvalue weighted by Gasteiger charge is 2.30. The fourth-order valence-electron chi connectivity index (χ4n) is 3.29. The van der Waals surface area contributed by atoms with Gasteiger partial charge in [-0.3, -0.25) is 9.59 Å². The van der Waals surface area contributed by atoms with Crippen LogP contribution in [0, 0.1) is 5.92 Å². The molecule has 0 bridgehead atoms. The van der Waals surface area contributed by atoms with Crippen molar-refractivity contribution in [2.24, 2.45) is 5.92 Å². The first-order valence-electron chi connectivity index (χ1n) is 9.82.